The Bertz CT molecular complexity index is 614. The van der Waals surface area contributed by atoms with Crippen LogP contribution in [0.4, 0.5) is 0 Å². The first-order valence-electron chi connectivity index (χ1n) is 8.01. The fraction of sp³-hybridized carbons (Fsp3) is 0.500. The molecule has 4 nitrogen and oxygen atoms in total. The SMILES string of the molecule is Cc1nc(CN(C)C2CCN(Cc3ccccc3)C2)c(C)o1.I. The molecule has 1 fully saturated rings. The summed E-state index contributed by atoms with van der Waals surface area (Å²) >= 11 is 0. The highest BCUT2D eigenvalue weighted by Crippen LogP contribution is 2.20. The van der Waals surface area contributed by atoms with Crippen LogP contribution >= 0.6 is 24.0 Å². The zero-order valence-electron chi connectivity index (χ0n) is 14.2. The van der Waals surface area contributed by atoms with Gasteiger partial charge in [-0.2, -0.15) is 0 Å². The third-order valence-corrected chi connectivity index (χ3v) is 4.52. The van der Waals surface area contributed by atoms with Gasteiger partial charge >= 0.3 is 0 Å². The Labute approximate surface area is 155 Å². The van der Waals surface area contributed by atoms with E-state index >= 15 is 0 Å². The standard InChI is InChI=1S/C18H25N3O.HI/c1-14-18(19-15(2)22-14)13-20(3)17-9-10-21(12-17)11-16-7-5-4-6-8-16;/h4-8,17H,9-13H2,1-3H3;1H. The average Bonchev–Trinajstić information content (AvgIpc) is 3.07. The molecule has 1 saturated heterocycles. The molecule has 0 spiro atoms. The van der Waals surface area contributed by atoms with Gasteiger partial charge < -0.3 is 4.42 Å². The molecule has 1 aliphatic heterocycles. The summed E-state index contributed by atoms with van der Waals surface area (Å²) < 4.78 is 5.53. The van der Waals surface area contributed by atoms with E-state index in [1.54, 1.807) is 0 Å². The number of nitrogens with zero attached hydrogens (tertiary/aromatic N) is 3. The molecule has 0 aliphatic carbocycles. The molecule has 2 aromatic rings. The Hall–Kier alpha value is -0.920. The van der Waals surface area contributed by atoms with Crippen molar-refractivity contribution < 1.29 is 4.42 Å². The maximum atomic E-state index is 5.53. The summed E-state index contributed by atoms with van der Waals surface area (Å²) in [6.45, 7) is 8.12. The van der Waals surface area contributed by atoms with E-state index in [0.717, 1.165) is 37.0 Å². The third-order valence-electron chi connectivity index (χ3n) is 4.52. The maximum absolute atomic E-state index is 5.53. The number of hydrogen-bond donors (Lipinski definition) is 0. The fourth-order valence-electron chi connectivity index (χ4n) is 3.24. The molecular weight excluding hydrogens is 401 g/mol. The molecule has 3 rings (SSSR count). The van der Waals surface area contributed by atoms with E-state index in [2.05, 4.69) is 52.2 Å². The number of hydrogen-bond acceptors (Lipinski definition) is 4. The number of rotatable bonds is 5. The molecule has 1 aromatic heterocycles. The first-order valence-corrected chi connectivity index (χ1v) is 8.01. The second-order valence-corrected chi connectivity index (χ2v) is 6.31. The molecule has 23 heavy (non-hydrogen) atoms. The number of oxazole rings is 1. The van der Waals surface area contributed by atoms with E-state index in [0.29, 0.717) is 6.04 Å². The highest BCUT2D eigenvalue weighted by atomic mass is 127. The van der Waals surface area contributed by atoms with Gasteiger partial charge in [0.15, 0.2) is 5.89 Å². The van der Waals surface area contributed by atoms with Gasteiger partial charge in [-0.05, 0) is 26.0 Å². The van der Waals surface area contributed by atoms with Gasteiger partial charge in [0.2, 0.25) is 0 Å². The molecule has 5 heteroatoms. The summed E-state index contributed by atoms with van der Waals surface area (Å²) in [5.74, 6) is 1.71. The van der Waals surface area contributed by atoms with Crippen LogP contribution in [0, 0.1) is 13.8 Å². The molecular formula is C18H26IN3O. The van der Waals surface area contributed by atoms with E-state index in [1.807, 2.05) is 13.8 Å². The van der Waals surface area contributed by atoms with E-state index in [4.69, 9.17) is 4.42 Å². The van der Waals surface area contributed by atoms with E-state index < -0.39 is 0 Å². The lowest BCUT2D eigenvalue weighted by atomic mass is 10.2. The van der Waals surface area contributed by atoms with Gasteiger partial charge in [0, 0.05) is 39.1 Å². The molecule has 1 aliphatic rings. The minimum atomic E-state index is 0. The summed E-state index contributed by atoms with van der Waals surface area (Å²) in [4.78, 5) is 9.44. The van der Waals surface area contributed by atoms with Crippen LogP contribution in [0.3, 0.4) is 0 Å². The van der Waals surface area contributed by atoms with Crippen molar-refractivity contribution in [2.24, 2.45) is 0 Å². The van der Waals surface area contributed by atoms with Crippen LogP contribution in [0.15, 0.2) is 34.7 Å². The Morgan fingerprint density at radius 1 is 1.26 bits per heavy atom. The minimum Gasteiger partial charge on any atom is -0.446 e. The lowest BCUT2D eigenvalue weighted by Crippen LogP contribution is -2.34. The number of benzene rings is 1. The van der Waals surface area contributed by atoms with Gasteiger partial charge in [-0.15, -0.1) is 24.0 Å². The van der Waals surface area contributed by atoms with Crippen LogP contribution in [-0.2, 0) is 13.1 Å². The van der Waals surface area contributed by atoms with Gasteiger partial charge in [0.1, 0.15) is 5.76 Å². The largest absolute Gasteiger partial charge is 0.446 e. The maximum Gasteiger partial charge on any atom is 0.191 e. The molecule has 1 unspecified atom stereocenters. The number of halogens is 1. The highest BCUT2D eigenvalue weighted by molar-refractivity contribution is 14.0. The van der Waals surface area contributed by atoms with Gasteiger partial charge in [0.05, 0.1) is 5.69 Å². The molecule has 0 radical (unpaired) electrons. The summed E-state index contributed by atoms with van der Waals surface area (Å²) in [5, 5.41) is 0. The normalized spacial score (nSPS) is 18.3. The smallest absolute Gasteiger partial charge is 0.191 e. The molecule has 0 saturated carbocycles. The van der Waals surface area contributed by atoms with Gasteiger partial charge in [-0.1, -0.05) is 30.3 Å². The highest BCUT2D eigenvalue weighted by Gasteiger charge is 2.26. The van der Waals surface area contributed by atoms with E-state index in [9.17, 15) is 0 Å². The minimum absolute atomic E-state index is 0. The van der Waals surface area contributed by atoms with Crippen molar-refractivity contribution in [2.45, 2.75) is 39.4 Å². The van der Waals surface area contributed by atoms with Crippen LogP contribution in [0.1, 0.15) is 29.3 Å². The lowest BCUT2D eigenvalue weighted by Gasteiger charge is -2.24. The van der Waals surface area contributed by atoms with Crippen molar-refractivity contribution >= 4 is 24.0 Å². The lowest BCUT2D eigenvalue weighted by molar-refractivity contribution is 0.220. The fourth-order valence-corrected chi connectivity index (χ4v) is 3.24. The summed E-state index contributed by atoms with van der Waals surface area (Å²) in [5.41, 5.74) is 2.47. The first kappa shape index (κ1) is 18.4. The van der Waals surface area contributed by atoms with Crippen molar-refractivity contribution in [1.82, 2.24) is 14.8 Å². The number of likely N-dealkylation sites (N-methyl/N-ethyl adjacent to an activating group) is 1. The Balaban J connectivity index is 0.00000192. The number of aryl methyl sites for hydroxylation is 2. The molecule has 0 N–H and O–H groups in total. The third kappa shape index (κ3) is 4.78. The van der Waals surface area contributed by atoms with E-state index in [-0.39, 0.29) is 24.0 Å². The molecule has 1 aromatic carbocycles. The van der Waals surface area contributed by atoms with Crippen LogP contribution in [0.5, 0.6) is 0 Å². The Morgan fingerprint density at radius 3 is 2.65 bits per heavy atom. The first-order chi connectivity index (χ1) is 10.6. The van der Waals surface area contributed by atoms with Crippen LogP contribution in [-0.4, -0.2) is 41.0 Å². The van der Waals surface area contributed by atoms with Gasteiger partial charge in [-0.25, -0.2) is 4.98 Å². The van der Waals surface area contributed by atoms with Crippen molar-refractivity contribution in [1.29, 1.82) is 0 Å². The summed E-state index contributed by atoms with van der Waals surface area (Å²) in [6.07, 6.45) is 1.22. The second-order valence-electron chi connectivity index (χ2n) is 6.31. The van der Waals surface area contributed by atoms with Crippen LogP contribution in [0.25, 0.3) is 0 Å². The summed E-state index contributed by atoms with van der Waals surface area (Å²) in [7, 11) is 2.19. The number of likely N-dealkylation sites (tertiary alicyclic amines) is 1. The zero-order valence-corrected chi connectivity index (χ0v) is 16.5. The molecule has 126 valence electrons. The Kier molecular flexibility index (Phi) is 6.61. The quantitative estimate of drug-likeness (QED) is 0.683. The van der Waals surface area contributed by atoms with Crippen molar-refractivity contribution in [3.8, 4) is 0 Å². The zero-order chi connectivity index (χ0) is 15.5. The monoisotopic (exact) mass is 427 g/mol. The van der Waals surface area contributed by atoms with Crippen LogP contribution in [0.2, 0.25) is 0 Å². The topological polar surface area (TPSA) is 32.5 Å². The van der Waals surface area contributed by atoms with Crippen molar-refractivity contribution in [3.63, 3.8) is 0 Å². The predicted molar refractivity (Wildman–Crippen MR) is 103 cm³/mol. The number of aromatic nitrogens is 1. The molecule has 2 heterocycles. The second kappa shape index (κ2) is 8.26. The predicted octanol–water partition coefficient (Wildman–Crippen LogP) is 3.62. The summed E-state index contributed by atoms with van der Waals surface area (Å²) in [6, 6.07) is 11.3. The Morgan fingerprint density at radius 2 is 2.00 bits per heavy atom. The van der Waals surface area contributed by atoms with Crippen molar-refractivity contribution in [2.75, 3.05) is 20.1 Å². The molecule has 1 atom stereocenters. The molecule has 0 amide bonds. The van der Waals surface area contributed by atoms with Crippen LogP contribution < -0.4 is 0 Å². The van der Waals surface area contributed by atoms with Gasteiger partial charge in [-0.3, -0.25) is 9.80 Å². The van der Waals surface area contributed by atoms with Gasteiger partial charge in [0.25, 0.3) is 0 Å². The van der Waals surface area contributed by atoms with Crippen molar-refractivity contribution in [3.05, 3.63) is 53.2 Å². The van der Waals surface area contributed by atoms with E-state index in [1.165, 1.54) is 18.5 Å². The molecule has 0 bridgehead atoms. The average molecular weight is 427 g/mol.